The minimum atomic E-state index is -4.29. The predicted octanol–water partition coefficient (Wildman–Crippen LogP) is 7.90. The first-order chi connectivity index (χ1) is 19.5. The van der Waals surface area contributed by atoms with Crippen LogP contribution in [0.4, 0.5) is 0 Å². The first-order valence-electron chi connectivity index (χ1n) is 16.9. The third-order valence-electron chi connectivity index (χ3n) is 7.61. The Kier molecular flexibility index (Phi) is 25.6. The molecule has 246 valence electrons. The number of phosphoric acid groups is 1. The van der Waals surface area contributed by atoms with E-state index >= 15 is 0 Å². The number of nitrogens with one attached hydrogen (secondary N) is 1. The summed E-state index contributed by atoms with van der Waals surface area (Å²) >= 11 is 0. The van der Waals surface area contributed by atoms with Crippen molar-refractivity contribution >= 4 is 13.7 Å². The molecule has 0 aromatic rings. The van der Waals surface area contributed by atoms with E-state index in [-0.39, 0.29) is 19.1 Å². The van der Waals surface area contributed by atoms with Gasteiger partial charge in [0.25, 0.3) is 0 Å². The zero-order valence-electron chi connectivity index (χ0n) is 27.5. The van der Waals surface area contributed by atoms with Gasteiger partial charge in [-0.3, -0.25) is 13.8 Å². The SMILES string of the molecule is CCCCCCCCCCCCC(=O)NC(COP(=O)(O)OCC[N+](C)(C)C)C(O)CCCCCCCCCCC. The summed E-state index contributed by atoms with van der Waals surface area (Å²) in [7, 11) is 1.62. The van der Waals surface area contributed by atoms with Crippen LogP contribution in [0, 0.1) is 0 Å². The van der Waals surface area contributed by atoms with Crippen molar-refractivity contribution in [3.8, 4) is 0 Å². The van der Waals surface area contributed by atoms with Gasteiger partial charge in [-0.05, 0) is 12.8 Å². The molecule has 0 aliphatic carbocycles. The van der Waals surface area contributed by atoms with Gasteiger partial charge in [0.05, 0.1) is 39.9 Å². The number of phosphoric ester groups is 1. The maximum absolute atomic E-state index is 12.7. The van der Waals surface area contributed by atoms with Crippen LogP contribution in [-0.4, -0.2) is 73.4 Å². The van der Waals surface area contributed by atoms with Crippen molar-refractivity contribution in [3.63, 3.8) is 0 Å². The second-order valence-corrected chi connectivity index (χ2v) is 14.4. The van der Waals surface area contributed by atoms with Crippen molar-refractivity contribution in [3.05, 3.63) is 0 Å². The number of amides is 1. The summed E-state index contributed by atoms with van der Waals surface area (Å²) < 4.78 is 23.4. The van der Waals surface area contributed by atoms with Gasteiger partial charge < -0.3 is 19.8 Å². The molecular weight excluding hydrogens is 539 g/mol. The minimum absolute atomic E-state index is 0.0774. The van der Waals surface area contributed by atoms with Crippen LogP contribution in [0.2, 0.25) is 0 Å². The molecule has 0 radical (unpaired) electrons. The van der Waals surface area contributed by atoms with Gasteiger partial charge in [-0.2, -0.15) is 0 Å². The number of carbonyl (C=O) groups excluding carboxylic acids is 1. The molecule has 0 aliphatic heterocycles. The van der Waals surface area contributed by atoms with Gasteiger partial charge in [-0.25, -0.2) is 4.57 Å². The van der Waals surface area contributed by atoms with E-state index in [1.165, 1.54) is 83.5 Å². The fourth-order valence-electron chi connectivity index (χ4n) is 4.81. The molecule has 0 fully saturated rings. The van der Waals surface area contributed by atoms with Crippen LogP contribution < -0.4 is 5.32 Å². The standard InChI is InChI=1S/C32H67N2O6P/c1-6-8-10-12-14-16-18-20-22-24-26-32(36)33-30(29-40-41(37,38)39-28-27-34(3,4)5)31(35)25-23-21-19-17-15-13-11-9-7-2/h30-31,35H,6-29H2,1-5H3,(H-,33,36,37,38)/p+1. The molecule has 0 aliphatic rings. The number of nitrogens with zero attached hydrogens (tertiary/aromatic N) is 1. The maximum Gasteiger partial charge on any atom is 0.472 e. The number of unbranched alkanes of at least 4 members (excludes halogenated alkanes) is 17. The average Bonchev–Trinajstić information content (AvgIpc) is 2.90. The second kappa shape index (κ2) is 25.9. The Hall–Kier alpha value is -0.500. The highest BCUT2D eigenvalue weighted by atomic mass is 31.2. The van der Waals surface area contributed by atoms with Gasteiger partial charge in [0.2, 0.25) is 5.91 Å². The first kappa shape index (κ1) is 40.5. The number of hydrogen-bond acceptors (Lipinski definition) is 5. The number of carbonyl (C=O) groups is 1. The minimum Gasteiger partial charge on any atom is -0.391 e. The summed E-state index contributed by atoms with van der Waals surface area (Å²) in [4.78, 5) is 22.8. The summed E-state index contributed by atoms with van der Waals surface area (Å²) in [6.45, 7) is 4.82. The van der Waals surface area contributed by atoms with Crippen molar-refractivity contribution in [2.75, 3.05) is 40.9 Å². The van der Waals surface area contributed by atoms with Crippen LogP contribution in [0.3, 0.4) is 0 Å². The number of rotatable bonds is 30. The van der Waals surface area contributed by atoms with Crippen molar-refractivity contribution < 1.29 is 32.9 Å². The maximum atomic E-state index is 12.7. The van der Waals surface area contributed by atoms with E-state index < -0.39 is 20.0 Å². The Morgan fingerprint density at radius 3 is 1.63 bits per heavy atom. The van der Waals surface area contributed by atoms with Crippen LogP contribution in [0.15, 0.2) is 0 Å². The van der Waals surface area contributed by atoms with Crippen molar-refractivity contribution in [1.29, 1.82) is 0 Å². The number of aliphatic hydroxyl groups excluding tert-OH is 1. The molecule has 9 heteroatoms. The van der Waals surface area contributed by atoms with E-state index in [0.29, 0.717) is 23.9 Å². The number of hydrogen-bond donors (Lipinski definition) is 3. The fraction of sp³-hybridized carbons (Fsp3) is 0.969. The number of likely N-dealkylation sites (N-methyl/N-ethyl adjacent to an activating group) is 1. The molecule has 0 saturated carbocycles. The topological polar surface area (TPSA) is 105 Å². The van der Waals surface area contributed by atoms with Crippen molar-refractivity contribution in [1.82, 2.24) is 5.32 Å². The highest BCUT2D eigenvalue weighted by molar-refractivity contribution is 7.47. The zero-order valence-corrected chi connectivity index (χ0v) is 28.4. The van der Waals surface area contributed by atoms with E-state index in [1.807, 2.05) is 21.1 Å². The van der Waals surface area contributed by atoms with Gasteiger partial charge in [-0.15, -0.1) is 0 Å². The smallest absolute Gasteiger partial charge is 0.391 e. The summed E-state index contributed by atoms with van der Waals surface area (Å²) in [6, 6.07) is -0.748. The summed E-state index contributed by atoms with van der Waals surface area (Å²) in [6.07, 6.45) is 22.7. The highest BCUT2D eigenvalue weighted by Gasteiger charge is 2.28. The third kappa shape index (κ3) is 28.1. The number of aliphatic hydroxyl groups is 1. The average molecular weight is 608 g/mol. The van der Waals surface area contributed by atoms with Crippen molar-refractivity contribution in [2.45, 2.75) is 161 Å². The van der Waals surface area contributed by atoms with Crippen LogP contribution in [0.1, 0.15) is 149 Å². The van der Waals surface area contributed by atoms with Gasteiger partial charge in [0, 0.05) is 6.42 Å². The van der Waals surface area contributed by atoms with Crippen LogP contribution in [0.5, 0.6) is 0 Å². The van der Waals surface area contributed by atoms with E-state index in [1.54, 1.807) is 0 Å². The van der Waals surface area contributed by atoms with E-state index in [2.05, 4.69) is 19.2 Å². The quantitative estimate of drug-likeness (QED) is 0.0435. The van der Waals surface area contributed by atoms with Gasteiger partial charge in [-0.1, -0.05) is 129 Å². The molecule has 0 spiro atoms. The largest absolute Gasteiger partial charge is 0.472 e. The van der Waals surface area contributed by atoms with Gasteiger partial charge in [0.15, 0.2) is 0 Å². The van der Waals surface area contributed by atoms with Crippen molar-refractivity contribution in [2.24, 2.45) is 0 Å². The molecule has 0 aromatic heterocycles. The second-order valence-electron chi connectivity index (χ2n) is 12.9. The Morgan fingerprint density at radius 1 is 0.732 bits per heavy atom. The molecule has 41 heavy (non-hydrogen) atoms. The summed E-state index contributed by atoms with van der Waals surface area (Å²) in [5.74, 6) is -0.150. The summed E-state index contributed by atoms with van der Waals surface area (Å²) in [5.41, 5.74) is 0. The lowest BCUT2D eigenvalue weighted by Gasteiger charge is -2.26. The predicted molar refractivity (Wildman–Crippen MR) is 171 cm³/mol. The van der Waals surface area contributed by atoms with Crippen LogP contribution >= 0.6 is 7.82 Å². The lowest BCUT2D eigenvalue weighted by atomic mass is 10.0. The molecule has 0 bridgehead atoms. The molecule has 0 saturated heterocycles. The Morgan fingerprint density at radius 2 is 1.17 bits per heavy atom. The molecule has 3 unspecified atom stereocenters. The van der Waals surface area contributed by atoms with E-state index in [4.69, 9.17) is 9.05 Å². The Balaban J connectivity index is 4.54. The summed E-state index contributed by atoms with van der Waals surface area (Å²) in [5, 5.41) is 13.8. The number of quaternary nitrogens is 1. The lowest BCUT2D eigenvalue weighted by molar-refractivity contribution is -0.870. The van der Waals surface area contributed by atoms with Crippen LogP contribution in [0.25, 0.3) is 0 Å². The Bertz CT molecular complexity index is 659. The zero-order chi connectivity index (χ0) is 30.8. The lowest BCUT2D eigenvalue weighted by Crippen LogP contribution is -2.46. The normalized spacial score (nSPS) is 15.0. The highest BCUT2D eigenvalue weighted by Crippen LogP contribution is 2.43. The molecule has 0 aromatic carbocycles. The van der Waals surface area contributed by atoms with Crippen LogP contribution in [-0.2, 0) is 18.4 Å². The monoisotopic (exact) mass is 607 g/mol. The van der Waals surface area contributed by atoms with E-state index in [0.717, 1.165) is 38.5 Å². The first-order valence-corrected chi connectivity index (χ1v) is 18.4. The molecule has 0 heterocycles. The fourth-order valence-corrected chi connectivity index (χ4v) is 5.54. The Labute approximate surface area is 253 Å². The molecule has 1 amide bonds. The molecule has 3 N–H and O–H groups in total. The van der Waals surface area contributed by atoms with E-state index in [9.17, 15) is 19.4 Å². The van der Waals surface area contributed by atoms with Gasteiger partial charge >= 0.3 is 7.82 Å². The molecule has 0 rings (SSSR count). The molecule has 8 nitrogen and oxygen atoms in total. The molecular formula is C32H68N2O6P+. The molecule has 3 atom stereocenters. The van der Waals surface area contributed by atoms with Gasteiger partial charge in [0.1, 0.15) is 13.2 Å². The third-order valence-corrected chi connectivity index (χ3v) is 8.59.